The third-order valence-corrected chi connectivity index (χ3v) is 2.29. The van der Waals surface area contributed by atoms with Crippen LogP contribution in [0.2, 0.25) is 0 Å². The predicted octanol–water partition coefficient (Wildman–Crippen LogP) is 1.51. The fraction of sp³-hybridized carbons (Fsp3) is 0.300. The number of hydrogen-bond donors (Lipinski definition) is 1. The van der Waals surface area contributed by atoms with Gasteiger partial charge in [-0.3, -0.25) is 4.57 Å². The summed E-state index contributed by atoms with van der Waals surface area (Å²) in [7, 11) is 0. The molecule has 0 saturated heterocycles. The molecule has 2 rings (SSSR count). The normalized spacial score (nSPS) is 11.0. The van der Waals surface area contributed by atoms with Crippen molar-refractivity contribution in [1.29, 1.82) is 0 Å². The third kappa shape index (κ3) is 1.11. The molecule has 2 N–H and O–H groups in total. The molecule has 1 aromatic heterocycles. The van der Waals surface area contributed by atoms with Crippen LogP contribution in [0.1, 0.15) is 12.5 Å². The Morgan fingerprint density at radius 2 is 2.21 bits per heavy atom. The molecule has 0 atom stereocenters. The van der Waals surface area contributed by atoms with Crippen molar-refractivity contribution in [3.05, 3.63) is 28.2 Å². The fourth-order valence-electron chi connectivity index (χ4n) is 1.73. The van der Waals surface area contributed by atoms with Crippen molar-refractivity contribution in [3.8, 4) is 0 Å². The van der Waals surface area contributed by atoms with Crippen molar-refractivity contribution in [1.82, 2.24) is 4.57 Å². The van der Waals surface area contributed by atoms with E-state index < -0.39 is 0 Å². The number of anilines is 1. The van der Waals surface area contributed by atoms with Crippen LogP contribution in [-0.4, -0.2) is 4.57 Å². The van der Waals surface area contributed by atoms with Crippen LogP contribution in [0.5, 0.6) is 0 Å². The Morgan fingerprint density at radius 3 is 2.86 bits per heavy atom. The summed E-state index contributed by atoms with van der Waals surface area (Å²) in [6.07, 6.45) is 0. The first-order chi connectivity index (χ1) is 6.63. The van der Waals surface area contributed by atoms with Crippen LogP contribution < -0.4 is 11.5 Å². The summed E-state index contributed by atoms with van der Waals surface area (Å²) < 4.78 is 6.68. The van der Waals surface area contributed by atoms with Gasteiger partial charge in [0.1, 0.15) is 0 Å². The highest BCUT2D eigenvalue weighted by Gasteiger charge is 2.10. The van der Waals surface area contributed by atoms with Gasteiger partial charge in [-0.05, 0) is 25.5 Å². The average Bonchev–Trinajstić information content (AvgIpc) is 2.40. The number of aryl methyl sites for hydroxylation is 2. The van der Waals surface area contributed by atoms with Gasteiger partial charge in [0.05, 0.1) is 5.52 Å². The highest BCUT2D eigenvalue weighted by molar-refractivity contribution is 5.80. The first kappa shape index (κ1) is 8.87. The second-order valence-electron chi connectivity index (χ2n) is 3.30. The van der Waals surface area contributed by atoms with Crippen molar-refractivity contribution >= 4 is 16.8 Å². The van der Waals surface area contributed by atoms with Crippen LogP contribution >= 0.6 is 0 Å². The van der Waals surface area contributed by atoms with E-state index in [2.05, 4.69) is 0 Å². The number of nitrogens with two attached hydrogens (primary N) is 1. The van der Waals surface area contributed by atoms with E-state index in [0.29, 0.717) is 17.8 Å². The molecular formula is C10H12N2O2. The van der Waals surface area contributed by atoms with Gasteiger partial charge in [-0.2, -0.15) is 0 Å². The molecule has 4 heteroatoms. The molecule has 0 aliphatic carbocycles. The molecule has 1 aromatic carbocycles. The molecule has 0 amide bonds. The average molecular weight is 192 g/mol. The van der Waals surface area contributed by atoms with E-state index >= 15 is 0 Å². The van der Waals surface area contributed by atoms with Crippen LogP contribution in [-0.2, 0) is 6.54 Å². The van der Waals surface area contributed by atoms with E-state index in [0.717, 1.165) is 11.1 Å². The van der Waals surface area contributed by atoms with Crippen molar-refractivity contribution < 1.29 is 4.42 Å². The maximum absolute atomic E-state index is 11.4. The lowest BCUT2D eigenvalue weighted by atomic mass is 10.2. The fourth-order valence-corrected chi connectivity index (χ4v) is 1.73. The Bertz CT molecular complexity index is 537. The summed E-state index contributed by atoms with van der Waals surface area (Å²) in [5.41, 5.74) is 8.64. The molecule has 14 heavy (non-hydrogen) atoms. The molecule has 0 saturated carbocycles. The molecule has 1 heterocycles. The first-order valence-corrected chi connectivity index (χ1v) is 4.53. The summed E-state index contributed by atoms with van der Waals surface area (Å²) in [5, 5.41) is 0. The minimum absolute atomic E-state index is 0.323. The maximum atomic E-state index is 11.4. The molecular weight excluding hydrogens is 180 g/mol. The molecule has 0 fully saturated rings. The van der Waals surface area contributed by atoms with Gasteiger partial charge in [0.25, 0.3) is 0 Å². The Kier molecular flexibility index (Phi) is 1.84. The summed E-state index contributed by atoms with van der Waals surface area (Å²) in [4.78, 5) is 11.4. The number of fused-ring (bicyclic) bond motifs is 1. The summed E-state index contributed by atoms with van der Waals surface area (Å²) in [5.74, 6) is -0.323. The number of benzene rings is 1. The van der Waals surface area contributed by atoms with E-state index in [1.807, 2.05) is 19.9 Å². The van der Waals surface area contributed by atoms with Crippen LogP contribution in [0.4, 0.5) is 5.69 Å². The van der Waals surface area contributed by atoms with E-state index in [-0.39, 0.29) is 5.76 Å². The van der Waals surface area contributed by atoms with Crippen LogP contribution in [0.25, 0.3) is 11.1 Å². The lowest BCUT2D eigenvalue weighted by Gasteiger charge is -2.01. The number of aromatic nitrogens is 1. The molecule has 0 bridgehead atoms. The van der Waals surface area contributed by atoms with E-state index in [1.165, 1.54) is 0 Å². The van der Waals surface area contributed by atoms with Gasteiger partial charge >= 0.3 is 5.76 Å². The SMILES string of the molecule is CCn1c(=O)oc2cc(N)cc(C)c21. The number of nitrogens with zero attached hydrogens (tertiary/aromatic N) is 1. The van der Waals surface area contributed by atoms with Gasteiger partial charge in [-0.25, -0.2) is 4.79 Å². The molecule has 0 radical (unpaired) electrons. The lowest BCUT2D eigenvalue weighted by Crippen LogP contribution is -2.12. The van der Waals surface area contributed by atoms with E-state index in [9.17, 15) is 4.79 Å². The van der Waals surface area contributed by atoms with Crippen molar-refractivity contribution in [3.63, 3.8) is 0 Å². The predicted molar refractivity (Wildman–Crippen MR) is 55.3 cm³/mol. The minimum Gasteiger partial charge on any atom is -0.408 e. The minimum atomic E-state index is -0.323. The van der Waals surface area contributed by atoms with Gasteiger partial charge in [0.2, 0.25) is 0 Å². The second-order valence-corrected chi connectivity index (χ2v) is 3.30. The topological polar surface area (TPSA) is 61.2 Å². The Balaban J connectivity index is 2.95. The van der Waals surface area contributed by atoms with Gasteiger partial charge in [-0.1, -0.05) is 0 Å². The van der Waals surface area contributed by atoms with Crippen molar-refractivity contribution in [2.75, 3.05) is 5.73 Å². The van der Waals surface area contributed by atoms with Gasteiger partial charge in [-0.15, -0.1) is 0 Å². The van der Waals surface area contributed by atoms with Crippen LogP contribution in [0, 0.1) is 6.92 Å². The first-order valence-electron chi connectivity index (χ1n) is 4.53. The smallest absolute Gasteiger partial charge is 0.408 e. The Hall–Kier alpha value is -1.71. The highest BCUT2D eigenvalue weighted by atomic mass is 16.4. The zero-order chi connectivity index (χ0) is 10.3. The lowest BCUT2D eigenvalue weighted by molar-refractivity contribution is 0.513. The number of oxazole rings is 1. The summed E-state index contributed by atoms with van der Waals surface area (Å²) in [6.45, 7) is 4.43. The highest BCUT2D eigenvalue weighted by Crippen LogP contribution is 2.20. The maximum Gasteiger partial charge on any atom is 0.419 e. The van der Waals surface area contributed by atoms with E-state index in [1.54, 1.807) is 10.6 Å². The van der Waals surface area contributed by atoms with Crippen LogP contribution in [0.3, 0.4) is 0 Å². The monoisotopic (exact) mass is 192 g/mol. The van der Waals surface area contributed by atoms with Gasteiger partial charge in [0.15, 0.2) is 5.58 Å². The summed E-state index contributed by atoms with van der Waals surface area (Å²) in [6, 6.07) is 3.51. The summed E-state index contributed by atoms with van der Waals surface area (Å²) >= 11 is 0. The van der Waals surface area contributed by atoms with Gasteiger partial charge < -0.3 is 10.2 Å². The quantitative estimate of drug-likeness (QED) is 0.696. The van der Waals surface area contributed by atoms with E-state index in [4.69, 9.17) is 10.2 Å². The molecule has 0 aliphatic rings. The largest absolute Gasteiger partial charge is 0.419 e. The molecule has 0 aliphatic heterocycles. The molecule has 4 nitrogen and oxygen atoms in total. The molecule has 2 aromatic rings. The number of rotatable bonds is 1. The third-order valence-electron chi connectivity index (χ3n) is 2.29. The number of nitrogen functional groups attached to an aromatic ring is 1. The van der Waals surface area contributed by atoms with Crippen molar-refractivity contribution in [2.45, 2.75) is 20.4 Å². The Labute approximate surface area is 80.9 Å². The standard InChI is InChI=1S/C10H12N2O2/c1-3-12-9-6(2)4-7(11)5-8(9)14-10(12)13/h4-5H,3,11H2,1-2H3. The van der Waals surface area contributed by atoms with Crippen LogP contribution in [0.15, 0.2) is 21.3 Å². The Morgan fingerprint density at radius 1 is 1.50 bits per heavy atom. The molecule has 74 valence electrons. The van der Waals surface area contributed by atoms with Crippen molar-refractivity contribution in [2.24, 2.45) is 0 Å². The number of hydrogen-bond acceptors (Lipinski definition) is 3. The van der Waals surface area contributed by atoms with Gasteiger partial charge in [0, 0.05) is 18.3 Å². The molecule has 0 unspecified atom stereocenters. The zero-order valence-electron chi connectivity index (χ0n) is 8.20. The second kappa shape index (κ2) is 2.90. The molecule has 0 spiro atoms. The zero-order valence-corrected chi connectivity index (χ0v) is 8.20.